The molecule has 0 spiro atoms. The molecule has 1 N–H and O–H groups in total. The fraction of sp³-hybridized carbons (Fsp3) is 0.917. The van der Waals surface area contributed by atoms with Gasteiger partial charge in [-0.15, -0.1) is 0 Å². The standard InChI is InChI=1S/C12H22N2O3/c15-12(16)11-3-1-5-14(11)6-2-4-13-7-9-17-10-8-13/h11H,1-10H2,(H,15,16). The highest BCUT2D eigenvalue weighted by Crippen LogP contribution is 2.17. The molecule has 17 heavy (non-hydrogen) atoms. The van der Waals surface area contributed by atoms with Crippen LogP contribution in [-0.2, 0) is 9.53 Å². The van der Waals surface area contributed by atoms with Crippen LogP contribution >= 0.6 is 0 Å². The zero-order valence-electron chi connectivity index (χ0n) is 10.3. The van der Waals surface area contributed by atoms with Crippen LogP contribution in [0.15, 0.2) is 0 Å². The minimum atomic E-state index is -0.658. The molecule has 2 heterocycles. The van der Waals surface area contributed by atoms with E-state index in [-0.39, 0.29) is 6.04 Å². The van der Waals surface area contributed by atoms with Crippen molar-refractivity contribution in [1.82, 2.24) is 9.80 Å². The molecule has 2 rings (SSSR count). The van der Waals surface area contributed by atoms with E-state index in [1.54, 1.807) is 0 Å². The van der Waals surface area contributed by atoms with E-state index in [4.69, 9.17) is 9.84 Å². The number of carboxylic acids is 1. The Balaban J connectivity index is 1.65. The Hall–Kier alpha value is -0.650. The normalized spacial score (nSPS) is 27.4. The molecule has 0 aliphatic carbocycles. The molecule has 0 amide bonds. The van der Waals surface area contributed by atoms with Gasteiger partial charge in [0.25, 0.3) is 0 Å². The number of carboxylic acid groups (broad SMARTS) is 1. The first-order valence-electron chi connectivity index (χ1n) is 6.54. The number of rotatable bonds is 5. The number of aliphatic carboxylic acids is 1. The lowest BCUT2D eigenvalue weighted by Crippen LogP contribution is -2.40. The number of hydrogen-bond donors (Lipinski definition) is 1. The molecule has 98 valence electrons. The lowest BCUT2D eigenvalue weighted by Gasteiger charge is -2.28. The number of ether oxygens (including phenoxy) is 1. The molecule has 0 aromatic carbocycles. The Morgan fingerprint density at radius 1 is 1.24 bits per heavy atom. The van der Waals surface area contributed by atoms with E-state index in [2.05, 4.69) is 9.80 Å². The van der Waals surface area contributed by atoms with Gasteiger partial charge in [0.1, 0.15) is 6.04 Å². The Labute approximate surface area is 102 Å². The number of nitrogens with zero attached hydrogens (tertiary/aromatic N) is 2. The summed E-state index contributed by atoms with van der Waals surface area (Å²) in [6, 6.07) is -0.236. The highest BCUT2D eigenvalue weighted by molar-refractivity contribution is 5.73. The van der Waals surface area contributed by atoms with E-state index in [0.29, 0.717) is 0 Å². The van der Waals surface area contributed by atoms with Crippen molar-refractivity contribution >= 4 is 5.97 Å². The maximum atomic E-state index is 11.0. The third kappa shape index (κ3) is 3.66. The highest BCUT2D eigenvalue weighted by Gasteiger charge is 2.29. The summed E-state index contributed by atoms with van der Waals surface area (Å²) in [4.78, 5) is 15.5. The van der Waals surface area contributed by atoms with Crippen LogP contribution in [0.5, 0.6) is 0 Å². The monoisotopic (exact) mass is 242 g/mol. The maximum absolute atomic E-state index is 11.0. The molecule has 5 heteroatoms. The van der Waals surface area contributed by atoms with Crippen molar-refractivity contribution in [3.63, 3.8) is 0 Å². The van der Waals surface area contributed by atoms with Crippen LogP contribution in [-0.4, -0.2) is 72.9 Å². The van der Waals surface area contributed by atoms with Crippen LogP contribution < -0.4 is 0 Å². The van der Waals surface area contributed by atoms with E-state index in [0.717, 1.165) is 65.2 Å². The molecule has 1 atom stereocenters. The van der Waals surface area contributed by atoms with Gasteiger partial charge in [-0.1, -0.05) is 0 Å². The molecule has 0 aromatic heterocycles. The second-order valence-corrected chi connectivity index (χ2v) is 4.84. The summed E-state index contributed by atoms with van der Waals surface area (Å²) >= 11 is 0. The summed E-state index contributed by atoms with van der Waals surface area (Å²) in [5, 5.41) is 9.06. The molecule has 0 radical (unpaired) electrons. The summed E-state index contributed by atoms with van der Waals surface area (Å²) in [5.74, 6) is -0.658. The van der Waals surface area contributed by atoms with Crippen molar-refractivity contribution in [2.45, 2.75) is 25.3 Å². The van der Waals surface area contributed by atoms with Crippen LogP contribution in [0.3, 0.4) is 0 Å². The van der Waals surface area contributed by atoms with Crippen molar-refractivity contribution in [2.24, 2.45) is 0 Å². The number of hydrogen-bond acceptors (Lipinski definition) is 4. The molecule has 2 aliphatic rings. The molecule has 0 bridgehead atoms. The van der Waals surface area contributed by atoms with Crippen molar-refractivity contribution in [2.75, 3.05) is 45.9 Å². The van der Waals surface area contributed by atoms with Crippen molar-refractivity contribution in [3.05, 3.63) is 0 Å². The molecule has 2 aliphatic heterocycles. The molecular formula is C12H22N2O3. The quantitative estimate of drug-likeness (QED) is 0.749. The summed E-state index contributed by atoms with van der Waals surface area (Å²) in [6.07, 6.45) is 2.89. The Kier molecular flexibility index (Phi) is 4.76. The van der Waals surface area contributed by atoms with Gasteiger partial charge in [0.05, 0.1) is 13.2 Å². The van der Waals surface area contributed by atoms with Gasteiger partial charge in [0, 0.05) is 19.6 Å². The van der Waals surface area contributed by atoms with Crippen LogP contribution in [0.4, 0.5) is 0 Å². The molecule has 5 nitrogen and oxygen atoms in total. The lowest BCUT2D eigenvalue weighted by atomic mass is 10.2. The van der Waals surface area contributed by atoms with Crippen LogP contribution in [0.2, 0.25) is 0 Å². The average molecular weight is 242 g/mol. The van der Waals surface area contributed by atoms with E-state index < -0.39 is 5.97 Å². The van der Waals surface area contributed by atoms with Gasteiger partial charge in [0.2, 0.25) is 0 Å². The largest absolute Gasteiger partial charge is 0.480 e. The first-order chi connectivity index (χ1) is 8.27. The average Bonchev–Trinajstić information content (AvgIpc) is 2.79. The van der Waals surface area contributed by atoms with Crippen LogP contribution in [0.25, 0.3) is 0 Å². The van der Waals surface area contributed by atoms with Crippen molar-refractivity contribution < 1.29 is 14.6 Å². The van der Waals surface area contributed by atoms with Crippen LogP contribution in [0, 0.1) is 0 Å². The van der Waals surface area contributed by atoms with Gasteiger partial charge < -0.3 is 9.84 Å². The zero-order valence-corrected chi connectivity index (χ0v) is 10.3. The number of morpholine rings is 1. The van der Waals surface area contributed by atoms with Crippen molar-refractivity contribution in [3.8, 4) is 0 Å². The van der Waals surface area contributed by atoms with Gasteiger partial charge in [-0.05, 0) is 32.4 Å². The fourth-order valence-corrected chi connectivity index (χ4v) is 2.70. The third-order valence-electron chi connectivity index (χ3n) is 3.67. The molecule has 2 fully saturated rings. The summed E-state index contributed by atoms with van der Waals surface area (Å²) in [6.45, 7) is 6.62. The maximum Gasteiger partial charge on any atom is 0.320 e. The third-order valence-corrected chi connectivity index (χ3v) is 3.67. The Morgan fingerprint density at radius 3 is 2.71 bits per heavy atom. The molecule has 0 aromatic rings. The zero-order chi connectivity index (χ0) is 12.1. The van der Waals surface area contributed by atoms with E-state index in [1.165, 1.54) is 0 Å². The smallest absolute Gasteiger partial charge is 0.320 e. The topological polar surface area (TPSA) is 53.0 Å². The Morgan fingerprint density at radius 2 is 2.00 bits per heavy atom. The molecule has 0 saturated carbocycles. The first-order valence-corrected chi connectivity index (χ1v) is 6.54. The fourth-order valence-electron chi connectivity index (χ4n) is 2.70. The first kappa shape index (κ1) is 12.8. The van der Waals surface area contributed by atoms with Gasteiger partial charge in [-0.2, -0.15) is 0 Å². The van der Waals surface area contributed by atoms with Gasteiger partial charge in [-0.25, -0.2) is 0 Å². The summed E-state index contributed by atoms with van der Waals surface area (Å²) in [5.41, 5.74) is 0. The van der Waals surface area contributed by atoms with E-state index >= 15 is 0 Å². The van der Waals surface area contributed by atoms with Crippen LogP contribution in [0.1, 0.15) is 19.3 Å². The van der Waals surface area contributed by atoms with E-state index in [1.807, 2.05) is 0 Å². The predicted molar refractivity (Wildman–Crippen MR) is 64.1 cm³/mol. The summed E-state index contributed by atoms with van der Waals surface area (Å²) in [7, 11) is 0. The van der Waals surface area contributed by atoms with Gasteiger partial charge >= 0.3 is 5.97 Å². The van der Waals surface area contributed by atoms with Crippen molar-refractivity contribution in [1.29, 1.82) is 0 Å². The molecular weight excluding hydrogens is 220 g/mol. The number of carbonyl (C=O) groups is 1. The number of likely N-dealkylation sites (tertiary alicyclic amines) is 1. The van der Waals surface area contributed by atoms with Gasteiger partial charge in [-0.3, -0.25) is 14.6 Å². The lowest BCUT2D eigenvalue weighted by molar-refractivity contribution is -0.142. The van der Waals surface area contributed by atoms with Gasteiger partial charge in [0.15, 0.2) is 0 Å². The summed E-state index contributed by atoms with van der Waals surface area (Å²) < 4.78 is 5.30. The molecule has 1 unspecified atom stereocenters. The highest BCUT2D eigenvalue weighted by atomic mass is 16.5. The minimum Gasteiger partial charge on any atom is -0.480 e. The Bertz CT molecular complexity index is 254. The minimum absolute atomic E-state index is 0.236. The predicted octanol–water partition coefficient (Wildman–Crippen LogP) is 0.258. The SMILES string of the molecule is O=C(O)C1CCCN1CCCN1CCOCC1. The second-order valence-electron chi connectivity index (χ2n) is 4.84. The molecule has 2 saturated heterocycles. The van der Waals surface area contributed by atoms with E-state index in [9.17, 15) is 4.79 Å². The second kappa shape index (κ2) is 6.33.